The van der Waals surface area contributed by atoms with Gasteiger partial charge in [-0.1, -0.05) is 0 Å². The maximum Gasteiger partial charge on any atom is 0.508 e. The van der Waals surface area contributed by atoms with E-state index in [-0.39, 0.29) is 0 Å². The van der Waals surface area contributed by atoms with Crippen molar-refractivity contribution in [2.45, 2.75) is 23.4 Å². The van der Waals surface area contributed by atoms with Crippen LogP contribution in [0.2, 0.25) is 0 Å². The van der Waals surface area contributed by atoms with Crippen molar-refractivity contribution in [3.8, 4) is 0 Å². The van der Waals surface area contributed by atoms with Gasteiger partial charge in [-0.3, -0.25) is 0 Å². The Morgan fingerprint density at radius 3 is 1.89 bits per heavy atom. The molecule has 0 bridgehead atoms. The zero-order valence-corrected chi connectivity index (χ0v) is 9.96. The molecule has 0 saturated heterocycles. The normalized spacial score (nSPS) is 13.3. The van der Waals surface area contributed by atoms with Crippen LogP contribution in [-0.2, 0) is 9.47 Å². The monoisotopic (exact) mass is 350 g/mol. The lowest BCUT2D eigenvalue weighted by Crippen LogP contribution is -2.36. The van der Waals surface area contributed by atoms with E-state index in [1.807, 2.05) is 0 Å². The Morgan fingerprint density at radius 1 is 1.00 bits per heavy atom. The van der Waals surface area contributed by atoms with Gasteiger partial charge in [0.1, 0.15) is 6.61 Å². The number of halogens is 8. The molecule has 0 amide bonds. The quantitative estimate of drug-likeness (QED) is 0.430. The first kappa shape index (κ1) is 17.3. The van der Waals surface area contributed by atoms with Crippen LogP contribution in [-0.4, -0.2) is 36.3 Å². The fourth-order valence-corrected chi connectivity index (χ4v) is 0.785. The highest BCUT2D eigenvalue weighted by atomic mass is 79.9. The van der Waals surface area contributed by atoms with E-state index in [0.717, 1.165) is 0 Å². The number of alkyl halides is 8. The average Bonchev–Trinajstić information content (AvgIpc) is 2.11. The Morgan fingerprint density at radius 2 is 1.50 bits per heavy atom. The molecule has 0 aliphatic heterocycles. The second kappa shape index (κ2) is 5.93. The predicted octanol–water partition coefficient (Wildman–Crippen LogP) is 3.72. The third-order valence-electron chi connectivity index (χ3n) is 1.40. The van der Waals surface area contributed by atoms with Crippen LogP contribution in [0.1, 0.15) is 6.42 Å². The average molecular weight is 351 g/mol. The van der Waals surface area contributed by atoms with E-state index in [2.05, 4.69) is 9.47 Å². The molecule has 0 radical (unpaired) electrons. The number of hydrogen-bond donors (Lipinski definition) is 0. The Balaban J connectivity index is 3.96. The standard InChI is InChI=1S/C7H6BrF7O3/c8-7(14,15)5(9,10)1-2-17-4(16)18-3-6(11,12)13/h1-3H2. The van der Waals surface area contributed by atoms with E-state index in [4.69, 9.17) is 0 Å². The molecule has 0 spiro atoms. The SMILES string of the molecule is O=C(OCCC(F)(F)C(F)(F)Br)OCC(F)(F)F. The maximum atomic E-state index is 12.5. The summed E-state index contributed by atoms with van der Waals surface area (Å²) in [5.74, 6) is -4.52. The van der Waals surface area contributed by atoms with Gasteiger partial charge >= 0.3 is 23.1 Å². The number of carbonyl (C=O) groups is 1. The van der Waals surface area contributed by atoms with Gasteiger partial charge in [0.25, 0.3) is 0 Å². The zero-order valence-electron chi connectivity index (χ0n) is 8.37. The summed E-state index contributed by atoms with van der Waals surface area (Å²) in [7, 11) is 0. The van der Waals surface area contributed by atoms with Crippen molar-refractivity contribution in [1.82, 2.24) is 0 Å². The molecule has 0 saturated carbocycles. The molecule has 0 rings (SSSR count). The van der Waals surface area contributed by atoms with Gasteiger partial charge in [0.05, 0.1) is 6.42 Å². The van der Waals surface area contributed by atoms with Crippen molar-refractivity contribution < 1.29 is 45.0 Å². The first-order valence-corrected chi connectivity index (χ1v) is 4.95. The van der Waals surface area contributed by atoms with Crippen LogP contribution in [0.4, 0.5) is 35.5 Å². The fraction of sp³-hybridized carbons (Fsp3) is 0.857. The lowest BCUT2D eigenvalue weighted by Gasteiger charge is -2.20. The van der Waals surface area contributed by atoms with E-state index in [1.165, 1.54) is 15.9 Å². The minimum Gasteiger partial charge on any atom is -0.434 e. The Hall–Kier alpha value is -0.740. The molecule has 0 N–H and O–H groups in total. The van der Waals surface area contributed by atoms with Crippen molar-refractivity contribution in [2.75, 3.05) is 13.2 Å². The van der Waals surface area contributed by atoms with Crippen molar-refractivity contribution in [1.29, 1.82) is 0 Å². The lowest BCUT2D eigenvalue weighted by molar-refractivity contribution is -0.170. The molecule has 0 fully saturated rings. The van der Waals surface area contributed by atoms with E-state index in [0.29, 0.717) is 0 Å². The van der Waals surface area contributed by atoms with Crippen molar-refractivity contribution in [3.63, 3.8) is 0 Å². The molecular formula is C7H6BrF7O3. The molecule has 0 aliphatic rings. The Kier molecular flexibility index (Phi) is 5.69. The van der Waals surface area contributed by atoms with Gasteiger partial charge in [-0.05, 0) is 15.9 Å². The van der Waals surface area contributed by atoms with Gasteiger partial charge in [0.15, 0.2) is 6.61 Å². The summed E-state index contributed by atoms with van der Waals surface area (Å²) in [6.45, 7) is -3.18. The van der Waals surface area contributed by atoms with Crippen LogP contribution in [0.25, 0.3) is 0 Å². The molecule has 0 aromatic heterocycles. The molecule has 0 atom stereocenters. The molecule has 0 aliphatic carbocycles. The summed E-state index contributed by atoms with van der Waals surface area (Å²) in [5.41, 5.74) is 0. The lowest BCUT2D eigenvalue weighted by atomic mass is 10.2. The van der Waals surface area contributed by atoms with Crippen molar-refractivity contribution in [3.05, 3.63) is 0 Å². The van der Waals surface area contributed by atoms with E-state index >= 15 is 0 Å². The number of ether oxygens (including phenoxy) is 2. The van der Waals surface area contributed by atoms with Gasteiger partial charge in [-0.2, -0.15) is 30.7 Å². The predicted molar refractivity (Wildman–Crippen MR) is 46.8 cm³/mol. The molecular weight excluding hydrogens is 345 g/mol. The van der Waals surface area contributed by atoms with Crippen LogP contribution in [0.15, 0.2) is 0 Å². The van der Waals surface area contributed by atoms with Gasteiger partial charge in [-0.25, -0.2) is 4.79 Å². The second-order valence-corrected chi connectivity index (χ2v) is 3.95. The molecule has 0 aromatic rings. The first-order chi connectivity index (χ1) is 7.85. The highest BCUT2D eigenvalue weighted by molar-refractivity contribution is 9.10. The Bertz CT molecular complexity index is 286. The highest BCUT2D eigenvalue weighted by Gasteiger charge is 2.53. The summed E-state index contributed by atoms with van der Waals surface area (Å²) >= 11 is 1.42. The first-order valence-electron chi connectivity index (χ1n) is 4.16. The molecule has 11 heteroatoms. The number of rotatable bonds is 5. The van der Waals surface area contributed by atoms with Crippen LogP contribution >= 0.6 is 15.9 Å². The topological polar surface area (TPSA) is 35.5 Å². The van der Waals surface area contributed by atoms with Crippen LogP contribution < -0.4 is 0 Å². The van der Waals surface area contributed by atoms with Gasteiger partial charge < -0.3 is 9.47 Å². The zero-order chi connectivity index (χ0) is 14.6. The summed E-state index contributed by atoms with van der Waals surface area (Å²) in [5, 5.41) is 0. The molecule has 0 unspecified atom stereocenters. The largest absolute Gasteiger partial charge is 0.508 e. The highest BCUT2D eigenvalue weighted by Crippen LogP contribution is 2.41. The number of hydrogen-bond acceptors (Lipinski definition) is 3. The fourth-order valence-electron chi connectivity index (χ4n) is 0.587. The Labute approximate surface area is 104 Å². The summed E-state index contributed by atoms with van der Waals surface area (Å²) < 4.78 is 91.3. The summed E-state index contributed by atoms with van der Waals surface area (Å²) in [4.78, 5) is 5.92. The van der Waals surface area contributed by atoms with Gasteiger partial charge in [-0.15, -0.1) is 0 Å². The van der Waals surface area contributed by atoms with Crippen LogP contribution in [0.3, 0.4) is 0 Å². The second-order valence-electron chi connectivity index (χ2n) is 2.95. The number of carbonyl (C=O) groups excluding carboxylic acids is 1. The van der Waals surface area contributed by atoms with E-state index in [1.54, 1.807) is 0 Å². The molecule has 0 aromatic carbocycles. The van der Waals surface area contributed by atoms with Crippen LogP contribution in [0.5, 0.6) is 0 Å². The third kappa shape index (κ3) is 6.87. The van der Waals surface area contributed by atoms with Gasteiger partial charge in [0, 0.05) is 0 Å². The van der Waals surface area contributed by atoms with Crippen molar-refractivity contribution >= 4 is 22.1 Å². The third-order valence-corrected chi connectivity index (χ3v) is 1.98. The van der Waals surface area contributed by atoms with E-state index in [9.17, 15) is 35.5 Å². The van der Waals surface area contributed by atoms with Crippen molar-refractivity contribution in [2.24, 2.45) is 0 Å². The minimum absolute atomic E-state index is 1.22. The summed E-state index contributed by atoms with van der Waals surface area (Å²) in [6.07, 6.45) is -8.25. The minimum atomic E-state index is -4.80. The molecule has 3 nitrogen and oxygen atoms in total. The van der Waals surface area contributed by atoms with Gasteiger partial charge in [0.2, 0.25) is 0 Å². The van der Waals surface area contributed by atoms with Crippen LogP contribution in [0, 0.1) is 0 Å². The molecule has 0 heterocycles. The molecule has 108 valence electrons. The molecule has 18 heavy (non-hydrogen) atoms. The maximum absolute atomic E-state index is 12.5. The smallest absolute Gasteiger partial charge is 0.434 e. The van der Waals surface area contributed by atoms with E-state index < -0.39 is 42.7 Å². The summed E-state index contributed by atoms with van der Waals surface area (Å²) in [6, 6.07) is 0.